The first-order chi connectivity index (χ1) is 16.1. The number of nitrogens with one attached hydrogen (secondary N) is 1. The molecule has 1 fully saturated rings. The summed E-state index contributed by atoms with van der Waals surface area (Å²) < 4.78 is 11.3. The van der Waals surface area contributed by atoms with Crippen LogP contribution in [0.25, 0.3) is 22.0 Å². The second-order valence-electron chi connectivity index (χ2n) is 8.06. The first kappa shape index (κ1) is 21.6. The molecule has 0 spiro atoms. The average molecular weight is 462 g/mol. The van der Waals surface area contributed by atoms with Crippen LogP contribution in [0.4, 0.5) is 5.69 Å². The van der Waals surface area contributed by atoms with Gasteiger partial charge in [0.2, 0.25) is 0 Å². The summed E-state index contributed by atoms with van der Waals surface area (Å²) in [6.07, 6.45) is 1.76. The minimum Gasteiger partial charge on any atom is -0.454 e. The van der Waals surface area contributed by atoms with Crippen LogP contribution in [0.5, 0.6) is 0 Å². The summed E-state index contributed by atoms with van der Waals surface area (Å²) in [5.41, 5.74) is 2.15. The van der Waals surface area contributed by atoms with E-state index in [0.717, 1.165) is 40.9 Å². The Kier molecular flexibility index (Phi) is 6.13. The van der Waals surface area contributed by atoms with Crippen molar-refractivity contribution in [1.29, 1.82) is 0 Å². The molecule has 6 nitrogen and oxygen atoms in total. The maximum absolute atomic E-state index is 12.9. The molecule has 3 heterocycles. The third-order valence-electron chi connectivity index (χ3n) is 6.01. The van der Waals surface area contributed by atoms with Gasteiger partial charge >= 0.3 is 0 Å². The fraction of sp³-hybridized carbons (Fsp3) is 0.231. The van der Waals surface area contributed by atoms with Crippen LogP contribution in [-0.4, -0.2) is 42.1 Å². The number of furan rings is 1. The van der Waals surface area contributed by atoms with E-state index in [1.807, 2.05) is 42.5 Å². The van der Waals surface area contributed by atoms with E-state index in [0.29, 0.717) is 23.9 Å². The van der Waals surface area contributed by atoms with Crippen LogP contribution in [0.2, 0.25) is 5.02 Å². The van der Waals surface area contributed by atoms with Crippen LogP contribution in [0, 0.1) is 0 Å². The molecule has 1 aliphatic heterocycles. The van der Waals surface area contributed by atoms with E-state index in [2.05, 4.69) is 22.1 Å². The summed E-state index contributed by atoms with van der Waals surface area (Å²) in [5, 5.41) is 5.56. The monoisotopic (exact) mass is 461 g/mol. The van der Waals surface area contributed by atoms with Crippen molar-refractivity contribution in [3.8, 4) is 11.3 Å². The first-order valence-corrected chi connectivity index (χ1v) is 11.3. The van der Waals surface area contributed by atoms with Gasteiger partial charge in [0.25, 0.3) is 5.91 Å². The molecule has 0 bridgehead atoms. The van der Waals surface area contributed by atoms with Gasteiger partial charge in [0, 0.05) is 35.9 Å². The molecule has 168 valence electrons. The van der Waals surface area contributed by atoms with Crippen molar-refractivity contribution in [2.75, 3.05) is 31.6 Å². The molecule has 0 aliphatic carbocycles. The van der Waals surface area contributed by atoms with Crippen molar-refractivity contribution in [3.63, 3.8) is 0 Å². The van der Waals surface area contributed by atoms with Crippen LogP contribution in [0.3, 0.4) is 0 Å². The number of halogens is 1. The number of ether oxygens (including phenoxy) is 1. The Balaban J connectivity index is 1.37. The van der Waals surface area contributed by atoms with Crippen molar-refractivity contribution in [1.82, 2.24) is 9.88 Å². The lowest BCUT2D eigenvalue weighted by atomic mass is 10.0. The van der Waals surface area contributed by atoms with Gasteiger partial charge in [0.05, 0.1) is 30.0 Å². The van der Waals surface area contributed by atoms with Gasteiger partial charge < -0.3 is 14.5 Å². The Hall–Kier alpha value is -3.19. The number of hydrogen-bond acceptors (Lipinski definition) is 5. The number of pyridine rings is 1. The Morgan fingerprint density at radius 3 is 2.76 bits per heavy atom. The van der Waals surface area contributed by atoms with Gasteiger partial charge in [-0.05, 0) is 48.7 Å². The fourth-order valence-corrected chi connectivity index (χ4v) is 4.36. The van der Waals surface area contributed by atoms with Crippen molar-refractivity contribution in [2.45, 2.75) is 13.0 Å². The molecule has 1 unspecified atom stereocenters. The van der Waals surface area contributed by atoms with Crippen molar-refractivity contribution in [2.24, 2.45) is 0 Å². The van der Waals surface area contributed by atoms with E-state index >= 15 is 0 Å². The second kappa shape index (κ2) is 9.35. The molecular formula is C26H24ClN3O3. The molecule has 1 saturated heterocycles. The molecule has 0 radical (unpaired) electrons. The third-order valence-corrected chi connectivity index (χ3v) is 6.34. The zero-order valence-corrected chi connectivity index (χ0v) is 19.0. The van der Waals surface area contributed by atoms with Crippen LogP contribution in [-0.2, 0) is 4.74 Å². The SMILES string of the molecule is CC(c1ccc(C(=O)Nc2ccc(Cl)c(-c3nccc4ccccc34)c2)o1)N1CCOCC1. The lowest BCUT2D eigenvalue weighted by Gasteiger charge is -2.31. The predicted octanol–water partition coefficient (Wildman–Crippen LogP) is 5.79. The molecule has 2 aromatic heterocycles. The fourth-order valence-electron chi connectivity index (χ4n) is 4.16. The van der Waals surface area contributed by atoms with Crippen molar-refractivity contribution in [3.05, 3.63) is 83.4 Å². The van der Waals surface area contributed by atoms with Crippen molar-refractivity contribution >= 4 is 34.0 Å². The predicted molar refractivity (Wildman–Crippen MR) is 130 cm³/mol. The van der Waals surface area contributed by atoms with Crippen molar-refractivity contribution < 1.29 is 13.9 Å². The number of hydrogen-bond donors (Lipinski definition) is 1. The van der Waals surface area contributed by atoms with Gasteiger partial charge in [-0.15, -0.1) is 0 Å². The number of anilines is 1. The quantitative estimate of drug-likeness (QED) is 0.407. The van der Waals surface area contributed by atoms with Crippen LogP contribution in [0.1, 0.15) is 29.3 Å². The Morgan fingerprint density at radius 2 is 1.91 bits per heavy atom. The average Bonchev–Trinajstić information content (AvgIpc) is 3.36. The maximum atomic E-state index is 12.9. The number of nitrogens with zero attached hydrogens (tertiary/aromatic N) is 2. The van der Waals surface area contributed by atoms with Crippen LogP contribution in [0.15, 0.2) is 71.3 Å². The van der Waals surface area contributed by atoms with Gasteiger partial charge in [0.15, 0.2) is 5.76 Å². The smallest absolute Gasteiger partial charge is 0.291 e. The Labute approximate surface area is 197 Å². The highest BCUT2D eigenvalue weighted by molar-refractivity contribution is 6.33. The van der Waals surface area contributed by atoms with Crippen LogP contribution < -0.4 is 5.32 Å². The number of carbonyl (C=O) groups is 1. The number of amides is 1. The largest absolute Gasteiger partial charge is 0.454 e. The number of fused-ring (bicyclic) bond motifs is 1. The van der Waals surface area contributed by atoms with Gasteiger partial charge in [-0.1, -0.05) is 35.9 Å². The van der Waals surface area contributed by atoms with E-state index in [-0.39, 0.29) is 17.7 Å². The Bertz CT molecular complexity index is 1290. The van der Waals surface area contributed by atoms with E-state index in [9.17, 15) is 4.79 Å². The standard InChI is InChI=1S/C26H24ClN3O3/c1-17(30-12-14-32-15-13-30)23-8-9-24(33-23)26(31)29-19-6-7-22(27)21(16-19)25-20-5-3-2-4-18(20)10-11-28-25/h2-11,16-17H,12-15H2,1H3,(H,29,31). The minimum atomic E-state index is -0.311. The van der Waals surface area contributed by atoms with Gasteiger partial charge in [0.1, 0.15) is 5.76 Å². The number of morpholine rings is 1. The molecule has 7 heteroatoms. The zero-order valence-electron chi connectivity index (χ0n) is 18.3. The van der Waals surface area contributed by atoms with Crippen LogP contribution >= 0.6 is 11.6 Å². The number of rotatable bonds is 5. The summed E-state index contributed by atoms with van der Waals surface area (Å²) >= 11 is 6.51. The normalized spacial score (nSPS) is 15.5. The summed E-state index contributed by atoms with van der Waals surface area (Å²) in [4.78, 5) is 19.7. The Morgan fingerprint density at radius 1 is 1.09 bits per heavy atom. The first-order valence-electron chi connectivity index (χ1n) is 11.0. The molecular weight excluding hydrogens is 438 g/mol. The molecule has 1 aliphatic rings. The second-order valence-corrected chi connectivity index (χ2v) is 8.46. The minimum absolute atomic E-state index is 0.0787. The van der Waals surface area contributed by atoms with E-state index in [1.54, 1.807) is 24.4 Å². The number of benzene rings is 2. The number of aromatic nitrogens is 1. The highest BCUT2D eigenvalue weighted by atomic mass is 35.5. The molecule has 0 saturated carbocycles. The molecule has 1 N–H and O–H groups in total. The lowest BCUT2D eigenvalue weighted by molar-refractivity contribution is 0.0155. The summed E-state index contributed by atoms with van der Waals surface area (Å²) in [7, 11) is 0. The summed E-state index contributed by atoms with van der Waals surface area (Å²) in [6, 6.07) is 19.0. The molecule has 2 aromatic carbocycles. The van der Waals surface area contributed by atoms with E-state index in [4.69, 9.17) is 20.8 Å². The zero-order chi connectivity index (χ0) is 22.8. The van der Waals surface area contributed by atoms with Gasteiger partial charge in [-0.25, -0.2) is 0 Å². The van der Waals surface area contributed by atoms with E-state index < -0.39 is 0 Å². The third kappa shape index (κ3) is 4.50. The molecule has 1 atom stereocenters. The lowest BCUT2D eigenvalue weighted by Crippen LogP contribution is -2.37. The molecule has 5 rings (SSSR count). The maximum Gasteiger partial charge on any atom is 0.291 e. The summed E-state index contributed by atoms with van der Waals surface area (Å²) in [5.74, 6) is 0.721. The molecule has 33 heavy (non-hydrogen) atoms. The number of carbonyl (C=O) groups excluding carboxylic acids is 1. The van der Waals surface area contributed by atoms with Gasteiger partial charge in [-0.2, -0.15) is 0 Å². The van der Waals surface area contributed by atoms with Gasteiger partial charge in [-0.3, -0.25) is 14.7 Å². The highest BCUT2D eigenvalue weighted by Gasteiger charge is 2.22. The molecule has 4 aromatic rings. The van der Waals surface area contributed by atoms with E-state index in [1.165, 1.54) is 0 Å². The molecule has 1 amide bonds. The topological polar surface area (TPSA) is 67.6 Å². The summed E-state index contributed by atoms with van der Waals surface area (Å²) in [6.45, 7) is 5.19. The highest BCUT2D eigenvalue weighted by Crippen LogP contribution is 2.34.